The zero-order chi connectivity index (χ0) is 18.8. The molecule has 0 bridgehead atoms. The Balaban J connectivity index is 2.06. The van der Waals surface area contributed by atoms with Gasteiger partial charge in [0, 0.05) is 32.7 Å². The van der Waals surface area contributed by atoms with Gasteiger partial charge >= 0.3 is 0 Å². The summed E-state index contributed by atoms with van der Waals surface area (Å²) in [5.41, 5.74) is 1.03. The summed E-state index contributed by atoms with van der Waals surface area (Å²) in [7, 11) is 3.68. The third-order valence-corrected chi connectivity index (χ3v) is 4.20. The Morgan fingerprint density at radius 1 is 1.46 bits per heavy atom. The van der Waals surface area contributed by atoms with E-state index >= 15 is 0 Å². The quantitative estimate of drug-likeness (QED) is 0.438. The first-order valence-corrected chi connectivity index (χ1v) is 8.98. The molecule has 6 heteroatoms. The van der Waals surface area contributed by atoms with Crippen LogP contribution in [0.4, 0.5) is 0 Å². The molecule has 1 aliphatic heterocycles. The molecule has 0 spiro atoms. The minimum absolute atomic E-state index is 0.206. The molecule has 0 aromatic heterocycles. The first-order valence-electron chi connectivity index (χ1n) is 8.98. The Bertz CT molecular complexity index is 634. The fraction of sp³-hybridized carbons (Fsp3) is 0.550. The van der Waals surface area contributed by atoms with Crippen LogP contribution in [0, 0.1) is 18.3 Å². The van der Waals surface area contributed by atoms with Crippen LogP contribution < -0.4 is 14.8 Å². The molecule has 142 valence electrons. The molecule has 1 aromatic carbocycles. The molecule has 1 fully saturated rings. The van der Waals surface area contributed by atoms with Gasteiger partial charge < -0.3 is 24.4 Å². The molecule has 0 radical (unpaired) electrons. The van der Waals surface area contributed by atoms with Gasteiger partial charge in [0.2, 0.25) is 0 Å². The second-order valence-electron chi connectivity index (χ2n) is 6.26. The van der Waals surface area contributed by atoms with Crippen LogP contribution in [0.3, 0.4) is 0 Å². The van der Waals surface area contributed by atoms with Crippen molar-refractivity contribution in [2.24, 2.45) is 10.9 Å². The molecule has 1 N–H and O–H groups in total. The van der Waals surface area contributed by atoms with Crippen LogP contribution in [0.15, 0.2) is 23.2 Å². The van der Waals surface area contributed by atoms with Crippen LogP contribution in [-0.2, 0) is 11.3 Å². The SMILES string of the molecule is C#CCOc1cc(CN=C(NCC)N(C)CC2CCOC2)ccc1OC. The fourth-order valence-electron chi connectivity index (χ4n) is 2.89. The predicted octanol–water partition coefficient (Wildman–Crippen LogP) is 2.14. The van der Waals surface area contributed by atoms with Crippen molar-refractivity contribution in [3.8, 4) is 23.8 Å². The Morgan fingerprint density at radius 2 is 2.31 bits per heavy atom. The second kappa shape index (κ2) is 10.6. The Kier molecular flexibility index (Phi) is 8.10. The first-order chi connectivity index (χ1) is 12.7. The molecule has 1 aliphatic rings. The summed E-state index contributed by atoms with van der Waals surface area (Å²) in [6.07, 6.45) is 6.39. The number of hydrogen-bond acceptors (Lipinski definition) is 4. The second-order valence-corrected chi connectivity index (χ2v) is 6.26. The zero-order valence-corrected chi connectivity index (χ0v) is 16.0. The van der Waals surface area contributed by atoms with Crippen molar-refractivity contribution >= 4 is 5.96 Å². The standard InChI is InChI=1S/C20H29N3O3/c1-5-10-26-19-12-16(7-8-18(19)24-4)13-22-20(21-6-2)23(3)14-17-9-11-25-15-17/h1,7-8,12,17H,6,9-11,13-15H2,2-4H3,(H,21,22). The van der Waals surface area contributed by atoms with Gasteiger partial charge in [-0.15, -0.1) is 6.42 Å². The van der Waals surface area contributed by atoms with E-state index in [1.54, 1.807) is 7.11 Å². The van der Waals surface area contributed by atoms with Gasteiger partial charge in [0.1, 0.15) is 6.61 Å². The number of ether oxygens (including phenoxy) is 3. The molecule has 6 nitrogen and oxygen atoms in total. The van der Waals surface area contributed by atoms with Gasteiger partial charge in [0.25, 0.3) is 0 Å². The summed E-state index contributed by atoms with van der Waals surface area (Å²) in [6.45, 7) is 6.27. The molecule has 1 aromatic rings. The molecule has 1 saturated heterocycles. The minimum atomic E-state index is 0.206. The Hall–Kier alpha value is -2.39. The number of nitrogens with zero attached hydrogens (tertiary/aromatic N) is 2. The van der Waals surface area contributed by atoms with Crippen LogP contribution >= 0.6 is 0 Å². The lowest BCUT2D eigenvalue weighted by Gasteiger charge is -2.24. The minimum Gasteiger partial charge on any atom is -0.493 e. The highest BCUT2D eigenvalue weighted by molar-refractivity contribution is 5.79. The zero-order valence-electron chi connectivity index (χ0n) is 16.0. The number of methoxy groups -OCH3 is 1. The smallest absolute Gasteiger partial charge is 0.193 e. The first kappa shape index (κ1) is 19.9. The van der Waals surface area contributed by atoms with E-state index in [0.717, 1.165) is 44.2 Å². The van der Waals surface area contributed by atoms with E-state index in [1.807, 2.05) is 18.2 Å². The maximum atomic E-state index is 5.56. The van der Waals surface area contributed by atoms with Crippen molar-refractivity contribution in [2.45, 2.75) is 19.9 Å². The van der Waals surface area contributed by atoms with E-state index in [0.29, 0.717) is 24.0 Å². The number of hydrogen-bond donors (Lipinski definition) is 1. The van der Waals surface area contributed by atoms with Crippen LogP contribution in [0.1, 0.15) is 18.9 Å². The summed E-state index contributed by atoms with van der Waals surface area (Å²) in [5, 5.41) is 3.35. The van der Waals surface area contributed by atoms with Gasteiger partial charge in [0.15, 0.2) is 17.5 Å². The molecule has 2 rings (SSSR count). The van der Waals surface area contributed by atoms with Crippen LogP contribution in [0.5, 0.6) is 11.5 Å². The molecule has 1 unspecified atom stereocenters. The summed E-state index contributed by atoms with van der Waals surface area (Å²) < 4.78 is 16.3. The largest absolute Gasteiger partial charge is 0.493 e. The lowest BCUT2D eigenvalue weighted by molar-refractivity contribution is 0.181. The van der Waals surface area contributed by atoms with Gasteiger partial charge in [-0.3, -0.25) is 0 Å². The van der Waals surface area contributed by atoms with Crippen molar-refractivity contribution in [3.63, 3.8) is 0 Å². The van der Waals surface area contributed by atoms with Crippen molar-refractivity contribution < 1.29 is 14.2 Å². The van der Waals surface area contributed by atoms with E-state index < -0.39 is 0 Å². The molecule has 1 atom stereocenters. The van der Waals surface area contributed by atoms with Gasteiger partial charge in [-0.2, -0.15) is 0 Å². The van der Waals surface area contributed by atoms with Crippen molar-refractivity contribution in [1.82, 2.24) is 10.2 Å². The van der Waals surface area contributed by atoms with Crippen molar-refractivity contribution in [3.05, 3.63) is 23.8 Å². The monoisotopic (exact) mass is 359 g/mol. The van der Waals surface area contributed by atoms with E-state index in [9.17, 15) is 0 Å². The summed E-state index contributed by atoms with van der Waals surface area (Å²) in [6, 6.07) is 5.79. The van der Waals surface area contributed by atoms with E-state index in [1.165, 1.54) is 0 Å². The molecular formula is C20H29N3O3. The van der Waals surface area contributed by atoms with Crippen LogP contribution in [-0.4, -0.2) is 57.9 Å². The van der Waals surface area contributed by atoms with Crippen LogP contribution in [0.2, 0.25) is 0 Å². The molecule has 0 amide bonds. The number of terminal acetylenes is 1. The third-order valence-electron chi connectivity index (χ3n) is 4.20. The Labute approximate surface area is 156 Å². The molecule has 0 aliphatic carbocycles. The number of guanidine groups is 1. The topological polar surface area (TPSA) is 55.3 Å². The lowest BCUT2D eigenvalue weighted by atomic mass is 10.1. The average molecular weight is 359 g/mol. The number of aliphatic imine (C=N–C) groups is 1. The van der Waals surface area contributed by atoms with Crippen molar-refractivity contribution in [1.29, 1.82) is 0 Å². The number of benzene rings is 1. The van der Waals surface area contributed by atoms with Crippen molar-refractivity contribution in [2.75, 3.05) is 47.1 Å². The molecule has 1 heterocycles. The lowest BCUT2D eigenvalue weighted by Crippen LogP contribution is -2.41. The number of rotatable bonds is 8. The normalized spacial score (nSPS) is 16.8. The summed E-state index contributed by atoms with van der Waals surface area (Å²) in [4.78, 5) is 6.93. The molecule has 0 saturated carbocycles. The van der Waals surface area contributed by atoms with Gasteiger partial charge in [-0.05, 0) is 31.0 Å². The highest BCUT2D eigenvalue weighted by atomic mass is 16.5. The van der Waals surface area contributed by atoms with E-state index in [2.05, 4.69) is 30.1 Å². The Morgan fingerprint density at radius 3 is 2.96 bits per heavy atom. The van der Waals surface area contributed by atoms with Gasteiger partial charge in [-0.25, -0.2) is 4.99 Å². The van der Waals surface area contributed by atoms with E-state index in [-0.39, 0.29) is 6.61 Å². The third kappa shape index (κ3) is 5.85. The maximum absolute atomic E-state index is 5.56. The predicted molar refractivity (Wildman–Crippen MR) is 104 cm³/mol. The molecular weight excluding hydrogens is 330 g/mol. The average Bonchev–Trinajstić information content (AvgIpc) is 3.16. The summed E-state index contributed by atoms with van der Waals surface area (Å²) >= 11 is 0. The fourth-order valence-corrected chi connectivity index (χ4v) is 2.89. The summed E-state index contributed by atoms with van der Waals surface area (Å²) in [5.74, 6) is 5.23. The highest BCUT2D eigenvalue weighted by Gasteiger charge is 2.19. The van der Waals surface area contributed by atoms with Gasteiger partial charge in [0.05, 0.1) is 20.3 Å². The van der Waals surface area contributed by atoms with E-state index in [4.69, 9.17) is 25.6 Å². The van der Waals surface area contributed by atoms with Gasteiger partial charge in [-0.1, -0.05) is 12.0 Å². The maximum Gasteiger partial charge on any atom is 0.193 e. The van der Waals surface area contributed by atoms with Crippen LogP contribution in [0.25, 0.3) is 0 Å². The molecule has 26 heavy (non-hydrogen) atoms. The number of nitrogens with one attached hydrogen (secondary N) is 1. The highest BCUT2D eigenvalue weighted by Crippen LogP contribution is 2.28.